The van der Waals surface area contributed by atoms with Crippen molar-refractivity contribution in [2.75, 3.05) is 0 Å². The van der Waals surface area contributed by atoms with Gasteiger partial charge < -0.3 is 9.79 Å². The van der Waals surface area contributed by atoms with E-state index in [1.807, 2.05) is 20.8 Å². The van der Waals surface area contributed by atoms with E-state index >= 15 is 0 Å². The third kappa shape index (κ3) is 5.74. The zero-order valence-electron chi connectivity index (χ0n) is 8.65. The summed E-state index contributed by atoms with van der Waals surface area (Å²) < 4.78 is 10.5. The Hall–Kier alpha value is 0.500. The van der Waals surface area contributed by atoms with Gasteiger partial charge in [0, 0.05) is 4.75 Å². The van der Waals surface area contributed by atoms with Crippen LogP contribution in [0.2, 0.25) is 0 Å². The topological polar surface area (TPSA) is 57.5 Å². The minimum absolute atomic E-state index is 0.315. The molecule has 13 heavy (non-hydrogen) atoms. The number of rotatable bonds is 5. The highest BCUT2D eigenvalue weighted by molar-refractivity contribution is 8.55. The van der Waals surface area contributed by atoms with Gasteiger partial charge in [-0.05, 0) is 37.6 Å². The summed E-state index contributed by atoms with van der Waals surface area (Å²) in [4.78, 5) is 17.7. The van der Waals surface area contributed by atoms with Crippen LogP contribution < -0.4 is 0 Å². The summed E-state index contributed by atoms with van der Waals surface area (Å²) in [6.45, 7) is 3.94. The molecule has 1 atom stereocenters. The van der Waals surface area contributed by atoms with Crippen LogP contribution in [0.25, 0.3) is 0 Å². The molecule has 1 unspecified atom stereocenters. The highest BCUT2D eigenvalue weighted by atomic mass is 32.7. The lowest BCUT2D eigenvalue weighted by atomic mass is 9.93. The predicted octanol–water partition coefficient (Wildman–Crippen LogP) is 3.03. The van der Waals surface area contributed by atoms with Gasteiger partial charge in [0.1, 0.15) is 0 Å². The van der Waals surface area contributed by atoms with Crippen LogP contribution in [0.3, 0.4) is 0 Å². The molecule has 0 heterocycles. The Morgan fingerprint density at radius 2 is 1.92 bits per heavy atom. The Kier molecular flexibility index (Phi) is 5.02. The van der Waals surface area contributed by atoms with Crippen LogP contribution in [0.15, 0.2) is 0 Å². The molecular formula is C8H19O3PS. The van der Waals surface area contributed by atoms with E-state index in [4.69, 9.17) is 9.79 Å². The molecule has 80 valence electrons. The first-order valence-corrected chi connectivity index (χ1v) is 7.48. The maximum absolute atomic E-state index is 10.8. The van der Waals surface area contributed by atoms with Crippen LogP contribution in [0.4, 0.5) is 0 Å². The average Bonchev–Trinajstić information content (AvgIpc) is 1.82. The molecule has 5 heteroatoms. The first-order valence-electron chi connectivity index (χ1n) is 4.45. The van der Waals surface area contributed by atoms with Crippen molar-refractivity contribution in [1.82, 2.24) is 0 Å². The predicted molar refractivity (Wildman–Crippen MR) is 57.8 cm³/mol. The van der Waals surface area contributed by atoms with Crippen LogP contribution in [0.1, 0.15) is 40.5 Å². The molecule has 2 N–H and O–H groups in total. The van der Waals surface area contributed by atoms with Crippen LogP contribution in [-0.2, 0) is 4.57 Å². The summed E-state index contributed by atoms with van der Waals surface area (Å²) in [5.74, 6) is 0.315. The molecule has 0 amide bonds. The second kappa shape index (κ2) is 4.83. The molecule has 0 radical (unpaired) electrons. The zero-order valence-corrected chi connectivity index (χ0v) is 10.4. The van der Waals surface area contributed by atoms with E-state index in [0.29, 0.717) is 5.92 Å². The molecule has 0 aliphatic heterocycles. The highest BCUT2D eigenvalue weighted by Crippen LogP contribution is 2.58. The summed E-state index contributed by atoms with van der Waals surface area (Å²) in [6, 6.07) is 0. The number of hydrogen-bond acceptors (Lipinski definition) is 2. The zero-order chi connectivity index (χ0) is 10.7. The summed E-state index contributed by atoms with van der Waals surface area (Å²) in [5, 5.41) is 0. The quantitative estimate of drug-likeness (QED) is 0.707. The van der Waals surface area contributed by atoms with E-state index in [0.717, 1.165) is 24.2 Å². The standard InChI is InChI=1S/C8H19O3PS/c1-5-6-7(2)8(3,4)13-12(9,10)11/h7H,5-6H2,1-4H3,(H2,9,10,11). The van der Waals surface area contributed by atoms with E-state index < -0.39 is 6.80 Å². The van der Waals surface area contributed by atoms with E-state index in [1.165, 1.54) is 0 Å². The summed E-state index contributed by atoms with van der Waals surface area (Å²) in [7, 11) is 0. The lowest BCUT2D eigenvalue weighted by Gasteiger charge is -2.30. The summed E-state index contributed by atoms with van der Waals surface area (Å²) >= 11 is 0.774. The van der Waals surface area contributed by atoms with Gasteiger partial charge >= 0.3 is 6.80 Å². The van der Waals surface area contributed by atoms with Crippen molar-refractivity contribution in [2.24, 2.45) is 5.92 Å². The van der Waals surface area contributed by atoms with Crippen LogP contribution in [0, 0.1) is 5.92 Å². The Morgan fingerprint density at radius 1 is 1.46 bits per heavy atom. The van der Waals surface area contributed by atoms with Gasteiger partial charge in [-0.2, -0.15) is 0 Å². The third-order valence-electron chi connectivity index (χ3n) is 2.26. The first-order chi connectivity index (χ1) is 5.69. The molecule has 0 saturated heterocycles. The molecule has 0 aromatic rings. The first kappa shape index (κ1) is 13.5. The molecular weight excluding hydrogens is 207 g/mol. The highest BCUT2D eigenvalue weighted by Gasteiger charge is 2.33. The van der Waals surface area contributed by atoms with Gasteiger partial charge in [-0.25, -0.2) is 4.57 Å². The van der Waals surface area contributed by atoms with Crippen molar-refractivity contribution >= 4 is 18.2 Å². The number of hydrogen-bond donors (Lipinski definition) is 2. The van der Waals surface area contributed by atoms with Crippen molar-refractivity contribution in [3.63, 3.8) is 0 Å². The van der Waals surface area contributed by atoms with Gasteiger partial charge in [-0.1, -0.05) is 20.3 Å². The molecule has 0 fully saturated rings. The maximum atomic E-state index is 10.8. The Morgan fingerprint density at radius 3 is 2.23 bits per heavy atom. The van der Waals surface area contributed by atoms with Crippen molar-refractivity contribution < 1.29 is 14.4 Å². The van der Waals surface area contributed by atoms with Crippen molar-refractivity contribution in [3.8, 4) is 0 Å². The minimum Gasteiger partial charge on any atom is -0.317 e. The largest absolute Gasteiger partial charge is 0.384 e. The lowest BCUT2D eigenvalue weighted by Crippen LogP contribution is -2.24. The van der Waals surface area contributed by atoms with Gasteiger partial charge in [-0.15, -0.1) is 0 Å². The fourth-order valence-electron chi connectivity index (χ4n) is 1.18. The maximum Gasteiger partial charge on any atom is 0.384 e. The van der Waals surface area contributed by atoms with Gasteiger partial charge in [0.05, 0.1) is 0 Å². The fourth-order valence-corrected chi connectivity index (χ4v) is 4.47. The van der Waals surface area contributed by atoms with Gasteiger partial charge in [0.25, 0.3) is 0 Å². The molecule has 0 aromatic heterocycles. The average molecular weight is 226 g/mol. The van der Waals surface area contributed by atoms with Crippen molar-refractivity contribution in [3.05, 3.63) is 0 Å². The van der Waals surface area contributed by atoms with Gasteiger partial charge in [-0.3, -0.25) is 0 Å². The Balaban J connectivity index is 4.30. The lowest BCUT2D eigenvalue weighted by molar-refractivity contribution is 0.390. The van der Waals surface area contributed by atoms with Crippen LogP contribution in [-0.4, -0.2) is 14.5 Å². The van der Waals surface area contributed by atoms with E-state index in [2.05, 4.69) is 6.92 Å². The van der Waals surface area contributed by atoms with Crippen molar-refractivity contribution in [2.45, 2.75) is 45.3 Å². The molecule has 0 aliphatic rings. The van der Waals surface area contributed by atoms with E-state index in [-0.39, 0.29) is 4.75 Å². The van der Waals surface area contributed by atoms with Gasteiger partial charge in [0.2, 0.25) is 0 Å². The third-order valence-corrected chi connectivity index (χ3v) is 5.50. The fraction of sp³-hybridized carbons (Fsp3) is 1.00. The second-order valence-corrected chi connectivity index (χ2v) is 8.07. The molecule has 0 spiro atoms. The summed E-state index contributed by atoms with van der Waals surface area (Å²) in [5.41, 5.74) is 0. The SMILES string of the molecule is CCCC(C)C(C)(C)SP(=O)(O)O. The molecule has 0 aromatic carbocycles. The van der Waals surface area contributed by atoms with E-state index in [1.54, 1.807) is 0 Å². The second-order valence-electron chi connectivity index (χ2n) is 3.88. The molecule has 3 nitrogen and oxygen atoms in total. The smallest absolute Gasteiger partial charge is 0.317 e. The molecule has 0 rings (SSSR count). The molecule has 0 aliphatic carbocycles. The van der Waals surface area contributed by atoms with Gasteiger partial charge in [0.15, 0.2) is 0 Å². The molecule has 0 bridgehead atoms. The normalized spacial score (nSPS) is 15.8. The van der Waals surface area contributed by atoms with Crippen molar-refractivity contribution in [1.29, 1.82) is 0 Å². The minimum atomic E-state index is -3.95. The Labute approximate surface area is 84.2 Å². The van der Waals surface area contributed by atoms with Crippen LogP contribution in [0.5, 0.6) is 0 Å². The summed E-state index contributed by atoms with van der Waals surface area (Å²) in [6.07, 6.45) is 2.05. The molecule has 0 saturated carbocycles. The Bertz CT molecular complexity index is 200. The monoisotopic (exact) mass is 226 g/mol. The van der Waals surface area contributed by atoms with Crippen LogP contribution >= 0.6 is 18.2 Å². The van der Waals surface area contributed by atoms with E-state index in [9.17, 15) is 4.57 Å².